The van der Waals surface area contributed by atoms with Crippen LogP contribution < -0.4 is 4.90 Å². The zero-order chi connectivity index (χ0) is 9.14. The quantitative estimate of drug-likeness (QED) is 0.647. The third-order valence-corrected chi connectivity index (χ3v) is 1.33. The number of halogens is 1. The molecule has 0 unspecified atom stereocenters. The van der Waals surface area contributed by atoms with E-state index in [1.54, 1.807) is 0 Å². The van der Waals surface area contributed by atoms with E-state index >= 15 is 0 Å². The van der Waals surface area contributed by atoms with Gasteiger partial charge in [-0.1, -0.05) is 6.07 Å². The maximum absolute atomic E-state index is 12.5. The number of nitrogens with zero attached hydrogens (tertiary/aromatic N) is 2. The summed E-state index contributed by atoms with van der Waals surface area (Å²) in [7, 11) is 1.30. The summed E-state index contributed by atoms with van der Waals surface area (Å²) < 4.78 is 12.5. The van der Waals surface area contributed by atoms with Gasteiger partial charge in [-0.2, -0.15) is 4.39 Å². The third kappa shape index (κ3) is 1.69. The predicted molar refractivity (Wildman–Crippen MR) is 40.6 cm³/mol. The molecule has 0 spiro atoms. The highest BCUT2D eigenvalue weighted by Gasteiger charge is 2.09. The summed E-state index contributed by atoms with van der Waals surface area (Å²) in [4.78, 5) is 14.6. The topological polar surface area (TPSA) is 53.4 Å². The second-order valence-electron chi connectivity index (χ2n) is 2.16. The average Bonchev–Trinajstić information content (AvgIpc) is 2.03. The second kappa shape index (κ2) is 3.17. The Hall–Kier alpha value is -1.65. The Morgan fingerprint density at radius 1 is 1.67 bits per heavy atom. The van der Waals surface area contributed by atoms with Gasteiger partial charge in [-0.15, -0.1) is 0 Å². The lowest BCUT2D eigenvalue weighted by Crippen LogP contribution is -2.24. The highest BCUT2D eigenvalue weighted by molar-refractivity contribution is 5.83. The maximum atomic E-state index is 12.5. The van der Waals surface area contributed by atoms with Gasteiger partial charge in [-0.05, 0) is 12.1 Å². The Bertz CT molecular complexity index is 303. The molecular formula is C7H7FN2O2. The molecule has 12 heavy (non-hydrogen) atoms. The number of amides is 1. The van der Waals surface area contributed by atoms with Crippen molar-refractivity contribution in [2.24, 2.45) is 0 Å². The van der Waals surface area contributed by atoms with Gasteiger partial charge in [0.25, 0.3) is 0 Å². The van der Waals surface area contributed by atoms with Gasteiger partial charge in [0.2, 0.25) is 5.95 Å². The molecule has 0 aliphatic rings. The number of hydrogen-bond donors (Lipinski definition) is 1. The molecule has 64 valence electrons. The van der Waals surface area contributed by atoms with E-state index in [0.717, 1.165) is 11.0 Å². The first-order chi connectivity index (χ1) is 5.61. The molecule has 0 fully saturated rings. The molecule has 1 heterocycles. The van der Waals surface area contributed by atoms with Gasteiger partial charge in [-0.25, -0.2) is 9.78 Å². The fourth-order valence-corrected chi connectivity index (χ4v) is 0.682. The first kappa shape index (κ1) is 8.45. The average molecular weight is 170 g/mol. The van der Waals surface area contributed by atoms with Crippen molar-refractivity contribution in [2.75, 3.05) is 11.9 Å². The van der Waals surface area contributed by atoms with Crippen LogP contribution in [0.3, 0.4) is 0 Å². The van der Waals surface area contributed by atoms with Crippen molar-refractivity contribution in [2.45, 2.75) is 0 Å². The van der Waals surface area contributed by atoms with Gasteiger partial charge in [0.15, 0.2) is 0 Å². The van der Waals surface area contributed by atoms with Gasteiger partial charge in [0, 0.05) is 7.05 Å². The van der Waals surface area contributed by atoms with Crippen LogP contribution in [0, 0.1) is 5.95 Å². The molecule has 5 heteroatoms. The van der Waals surface area contributed by atoms with E-state index in [0.29, 0.717) is 0 Å². The van der Waals surface area contributed by atoms with Crippen molar-refractivity contribution in [3.63, 3.8) is 0 Å². The SMILES string of the molecule is CN(C(=O)O)c1cccc(F)n1. The van der Waals surface area contributed by atoms with Crippen molar-refractivity contribution < 1.29 is 14.3 Å². The summed E-state index contributed by atoms with van der Waals surface area (Å²) in [6.45, 7) is 0. The Morgan fingerprint density at radius 2 is 2.33 bits per heavy atom. The van der Waals surface area contributed by atoms with Crippen molar-refractivity contribution in [1.29, 1.82) is 0 Å². The van der Waals surface area contributed by atoms with Crippen LogP contribution in [0.2, 0.25) is 0 Å². The molecule has 0 saturated carbocycles. The first-order valence-electron chi connectivity index (χ1n) is 3.20. The van der Waals surface area contributed by atoms with E-state index in [2.05, 4.69) is 4.98 Å². The Balaban J connectivity index is 2.95. The molecule has 4 nitrogen and oxygen atoms in total. The normalized spacial score (nSPS) is 9.50. The maximum Gasteiger partial charge on any atom is 0.412 e. The molecule has 0 saturated heterocycles. The molecule has 0 atom stereocenters. The van der Waals surface area contributed by atoms with Crippen LogP contribution >= 0.6 is 0 Å². The van der Waals surface area contributed by atoms with Crippen LogP contribution in [0.4, 0.5) is 15.0 Å². The molecule has 1 aromatic rings. The largest absolute Gasteiger partial charge is 0.465 e. The Labute approximate surface area is 68.3 Å². The van der Waals surface area contributed by atoms with Gasteiger partial charge in [0.05, 0.1) is 0 Å². The summed E-state index contributed by atoms with van der Waals surface area (Å²) in [6, 6.07) is 3.97. The van der Waals surface area contributed by atoms with E-state index in [1.165, 1.54) is 19.2 Å². The minimum absolute atomic E-state index is 0.0718. The lowest BCUT2D eigenvalue weighted by atomic mass is 10.4. The number of rotatable bonds is 1. The smallest absolute Gasteiger partial charge is 0.412 e. The number of hydrogen-bond acceptors (Lipinski definition) is 2. The lowest BCUT2D eigenvalue weighted by molar-refractivity contribution is 0.203. The van der Waals surface area contributed by atoms with E-state index in [-0.39, 0.29) is 5.82 Å². The number of aromatic nitrogens is 1. The highest BCUT2D eigenvalue weighted by atomic mass is 19.1. The molecule has 1 amide bonds. The third-order valence-electron chi connectivity index (χ3n) is 1.33. The number of anilines is 1. The fraction of sp³-hybridized carbons (Fsp3) is 0.143. The first-order valence-corrected chi connectivity index (χ1v) is 3.20. The van der Waals surface area contributed by atoms with Crippen LogP contribution in [0.15, 0.2) is 18.2 Å². The van der Waals surface area contributed by atoms with Crippen molar-refractivity contribution in [1.82, 2.24) is 4.98 Å². The van der Waals surface area contributed by atoms with E-state index < -0.39 is 12.0 Å². The van der Waals surface area contributed by atoms with Crippen molar-refractivity contribution >= 4 is 11.9 Å². The molecule has 0 aromatic carbocycles. The van der Waals surface area contributed by atoms with Crippen LogP contribution in [0.25, 0.3) is 0 Å². The fourth-order valence-electron chi connectivity index (χ4n) is 0.682. The van der Waals surface area contributed by atoms with Crippen LogP contribution in [-0.4, -0.2) is 23.2 Å². The van der Waals surface area contributed by atoms with Crippen LogP contribution in [-0.2, 0) is 0 Å². The summed E-state index contributed by atoms with van der Waals surface area (Å²) >= 11 is 0. The molecular weight excluding hydrogens is 163 g/mol. The van der Waals surface area contributed by atoms with E-state index in [9.17, 15) is 9.18 Å². The summed E-state index contributed by atoms with van der Waals surface area (Å²) in [5, 5.41) is 8.49. The standard InChI is InChI=1S/C7H7FN2O2/c1-10(7(11)12)6-4-2-3-5(8)9-6/h2-4H,1H3,(H,11,12). The predicted octanol–water partition coefficient (Wildman–Crippen LogP) is 1.33. The summed E-state index contributed by atoms with van der Waals surface area (Å²) in [5.74, 6) is -0.622. The lowest BCUT2D eigenvalue weighted by Gasteiger charge is -2.10. The zero-order valence-electron chi connectivity index (χ0n) is 6.36. The number of pyridine rings is 1. The highest BCUT2D eigenvalue weighted by Crippen LogP contribution is 2.08. The number of carbonyl (C=O) groups is 1. The van der Waals surface area contributed by atoms with Crippen molar-refractivity contribution in [3.05, 3.63) is 24.1 Å². The van der Waals surface area contributed by atoms with E-state index in [1.807, 2.05) is 0 Å². The monoisotopic (exact) mass is 170 g/mol. The summed E-state index contributed by atoms with van der Waals surface area (Å²) in [5.41, 5.74) is 0. The van der Waals surface area contributed by atoms with Crippen LogP contribution in [0.5, 0.6) is 0 Å². The van der Waals surface area contributed by atoms with E-state index in [4.69, 9.17) is 5.11 Å². The second-order valence-corrected chi connectivity index (χ2v) is 2.16. The van der Waals surface area contributed by atoms with Gasteiger partial charge in [0.1, 0.15) is 5.82 Å². The van der Waals surface area contributed by atoms with Gasteiger partial charge < -0.3 is 5.11 Å². The Kier molecular flexibility index (Phi) is 2.23. The molecule has 0 aliphatic heterocycles. The van der Waals surface area contributed by atoms with Crippen LogP contribution in [0.1, 0.15) is 0 Å². The zero-order valence-corrected chi connectivity index (χ0v) is 6.36. The molecule has 1 aromatic heterocycles. The summed E-state index contributed by atoms with van der Waals surface area (Å²) in [6.07, 6.45) is -1.17. The number of carboxylic acid groups (broad SMARTS) is 1. The molecule has 0 radical (unpaired) electrons. The van der Waals surface area contributed by atoms with Crippen molar-refractivity contribution in [3.8, 4) is 0 Å². The molecule has 1 rings (SSSR count). The minimum Gasteiger partial charge on any atom is -0.465 e. The van der Waals surface area contributed by atoms with Gasteiger partial charge in [-0.3, -0.25) is 4.90 Å². The molecule has 0 aliphatic carbocycles. The molecule has 1 N–H and O–H groups in total. The van der Waals surface area contributed by atoms with Gasteiger partial charge >= 0.3 is 6.09 Å². The Morgan fingerprint density at radius 3 is 2.83 bits per heavy atom. The minimum atomic E-state index is -1.17. The molecule has 0 bridgehead atoms.